The van der Waals surface area contributed by atoms with Crippen molar-refractivity contribution >= 4 is 21.7 Å². The van der Waals surface area contributed by atoms with E-state index in [1.807, 2.05) is 0 Å². The second kappa shape index (κ2) is 5.63. The Hall–Kier alpha value is -0.880. The molecule has 1 aliphatic rings. The van der Waals surface area contributed by atoms with E-state index >= 15 is 0 Å². The minimum Gasteiger partial charge on any atom is -0.381 e. The SMILES string of the molecule is O=C(c1ccc(Br)c(C(F)(F)F)c1)C1CCOCC1. The second-order valence-corrected chi connectivity index (χ2v) is 5.30. The molecule has 6 heteroatoms. The number of hydrogen-bond acceptors (Lipinski definition) is 2. The summed E-state index contributed by atoms with van der Waals surface area (Å²) in [7, 11) is 0. The highest BCUT2D eigenvalue weighted by atomic mass is 79.9. The zero-order valence-corrected chi connectivity index (χ0v) is 11.6. The van der Waals surface area contributed by atoms with Crippen LogP contribution in [0.15, 0.2) is 22.7 Å². The fourth-order valence-corrected chi connectivity index (χ4v) is 2.56. The van der Waals surface area contributed by atoms with E-state index in [9.17, 15) is 18.0 Å². The third kappa shape index (κ3) is 3.36. The van der Waals surface area contributed by atoms with Crippen LogP contribution in [0.5, 0.6) is 0 Å². The Morgan fingerprint density at radius 1 is 1.26 bits per heavy atom. The zero-order valence-electron chi connectivity index (χ0n) is 9.97. The van der Waals surface area contributed by atoms with Gasteiger partial charge in [-0.1, -0.05) is 22.0 Å². The standard InChI is InChI=1S/C13H12BrF3O2/c14-11-2-1-9(7-10(11)13(15,16)17)12(18)8-3-5-19-6-4-8/h1-2,7-8H,3-6H2. The number of carbonyl (C=O) groups excluding carboxylic acids is 1. The van der Waals surface area contributed by atoms with Crippen molar-refractivity contribution < 1.29 is 22.7 Å². The largest absolute Gasteiger partial charge is 0.417 e. The van der Waals surface area contributed by atoms with Crippen molar-refractivity contribution in [2.75, 3.05) is 13.2 Å². The molecule has 1 fully saturated rings. The predicted octanol–water partition coefficient (Wildman–Crippen LogP) is 4.08. The maximum absolute atomic E-state index is 12.8. The van der Waals surface area contributed by atoms with E-state index in [2.05, 4.69) is 15.9 Å². The fourth-order valence-electron chi connectivity index (χ4n) is 2.09. The molecule has 0 aromatic heterocycles. The van der Waals surface area contributed by atoms with Crippen LogP contribution in [0.2, 0.25) is 0 Å². The van der Waals surface area contributed by atoms with Gasteiger partial charge in [-0.25, -0.2) is 0 Å². The number of ether oxygens (including phenoxy) is 1. The molecule has 0 amide bonds. The molecule has 1 heterocycles. The number of ketones is 1. The number of alkyl halides is 3. The molecular weight excluding hydrogens is 325 g/mol. The molecule has 0 spiro atoms. The summed E-state index contributed by atoms with van der Waals surface area (Å²) in [6.07, 6.45) is -3.34. The normalized spacial score (nSPS) is 17.5. The van der Waals surface area contributed by atoms with Gasteiger partial charge in [0.05, 0.1) is 5.56 Å². The van der Waals surface area contributed by atoms with E-state index in [1.165, 1.54) is 12.1 Å². The van der Waals surface area contributed by atoms with Crippen LogP contribution in [0.3, 0.4) is 0 Å². The quantitative estimate of drug-likeness (QED) is 0.761. The number of Topliss-reactive ketones (excluding diaryl/α,β-unsaturated/α-hetero) is 1. The van der Waals surface area contributed by atoms with Gasteiger partial charge < -0.3 is 4.74 Å². The lowest BCUT2D eigenvalue weighted by atomic mass is 9.90. The number of hydrogen-bond donors (Lipinski definition) is 0. The Labute approximate surface area is 117 Å². The summed E-state index contributed by atoms with van der Waals surface area (Å²) in [5, 5.41) is 0. The average Bonchev–Trinajstić information content (AvgIpc) is 2.38. The number of benzene rings is 1. The van der Waals surface area contributed by atoms with Gasteiger partial charge in [0.15, 0.2) is 5.78 Å². The maximum Gasteiger partial charge on any atom is 0.417 e. The first kappa shape index (κ1) is 14.5. The summed E-state index contributed by atoms with van der Waals surface area (Å²) < 4.78 is 43.4. The highest BCUT2D eigenvalue weighted by molar-refractivity contribution is 9.10. The van der Waals surface area contributed by atoms with Gasteiger partial charge in [-0.3, -0.25) is 4.79 Å². The minimum atomic E-state index is -4.47. The summed E-state index contributed by atoms with van der Waals surface area (Å²) in [5.74, 6) is -0.475. The van der Waals surface area contributed by atoms with Crippen molar-refractivity contribution in [3.63, 3.8) is 0 Å². The molecule has 1 aromatic rings. The van der Waals surface area contributed by atoms with Crippen LogP contribution in [0.4, 0.5) is 13.2 Å². The monoisotopic (exact) mass is 336 g/mol. The van der Waals surface area contributed by atoms with E-state index in [0.717, 1.165) is 6.07 Å². The Morgan fingerprint density at radius 3 is 2.47 bits per heavy atom. The van der Waals surface area contributed by atoms with Gasteiger partial charge in [-0.05, 0) is 25.0 Å². The van der Waals surface area contributed by atoms with Crippen molar-refractivity contribution in [2.45, 2.75) is 19.0 Å². The molecule has 1 aromatic carbocycles. The van der Waals surface area contributed by atoms with Crippen molar-refractivity contribution in [1.82, 2.24) is 0 Å². The molecule has 2 nitrogen and oxygen atoms in total. The maximum atomic E-state index is 12.8. The summed E-state index contributed by atoms with van der Waals surface area (Å²) in [5.41, 5.74) is -0.701. The lowest BCUT2D eigenvalue weighted by Crippen LogP contribution is -2.24. The van der Waals surface area contributed by atoms with E-state index < -0.39 is 11.7 Å². The van der Waals surface area contributed by atoms with E-state index in [-0.39, 0.29) is 21.7 Å². The summed E-state index contributed by atoms with van der Waals surface area (Å²) in [6.45, 7) is 0.970. The lowest BCUT2D eigenvalue weighted by Gasteiger charge is -2.21. The molecular formula is C13H12BrF3O2. The van der Waals surface area contributed by atoms with Gasteiger partial charge in [-0.2, -0.15) is 13.2 Å². The van der Waals surface area contributed by atoms with Gasteiger partial charge in [0.1, 0.15) is 0 Å². The van der Waals surface area contributed by atoms with Gasteiger partial charge in [-0.15, -0.1) is 0 Å². The highest BCUT2D eigenvalue weighted by Crippen LogP contribution is 2.36. The van der Waals surface area contributed by atoms with E-state index in [1.54, 1.807) is 0 Å². The molecule has 0 N–H and O–H groups in total. The molecule has 0 saturated carbocycles. The molecule has 104 valence electrons. The highest BCUT2D eigenvalue weighted by Gasteiger charge is 2.34. The number of rotatable bonds is 2. The van der Waals surface area contributed by atoms with Crippen molar-refractivity contribution in [3.8, 4) is 0 Å². The van der Waals surface area contributed by atoms with Crippen molar-refractivity contribution in [3.05, 3.63) is 33.8 Å². The van der Waals surface area contributed by atoms with Crippen LogP contribution in [0.25, 0.3) is 0 Å². The van der Waals surface area contributed by atoms with Crippen molar-refractivity contribution in [2.24, 2.45) is 5.92 Å². The molecule has 0 atom stereocenters. The predicted molar refractivity (Wildman–Crippen MR) is 67.0 cm³/mol. The molecule has 0 aliphatic carbocycles. The van der Waals surface area contributed by atoms with Crippen LogP contribution in [0.1, 0.15) is 28.8 Å². The van der Waals surface area contributed by atoms with Crippen LogP contribution < -0.4 is 0 Å². The van der Waals surface area contributed by atoms with E-state index in [0.29, 0.717) is 26.1 Å². The van der Waals surface area contributed by atoms with Crippen LogP contribution in [-0.2, 0) is 10.9 Å². The van der Waals surface area contributed by atoms with Crippen molar-refractivity contribution in [1.29, 1.82) is 0 Å². The number of carbonyl (C=O) groups is 1. The molecule has 1 aliphatic heterocycles. The smallest absolute Gasteiger partial charge is 0.381 e. The Kier molecular flexibility index (Phi) is 4.30. The number of halogens is 4. The third-order valence-corrected chi connectivity index (χ3v) is 3.84. The lowest BCUT2D eigenvalue weighted by molar-refractivity contribution is -0.138. The molecule has 0 radical (unpaired) electrons. The topological polar surface area (TPSA) is 26.3 Å². The summed E-state index contributed by atoms with van der Waals surface area (Å²) >= 11 is 2.86. The van der Waals surface area contributed by atoms with Crippen LogP contribution in [0, 0.1) is 5.92 Å². The molecule has 2 rings (SSSR count). The summed E-state index contributed by atoms with van der Waals surface area (Å²) in [4.78, 5) is 12.2. The van der Waals surface area contributed by atoms with Gasteiger partial charge in [0, 0.05) is 29.2 Å². The second-order valence-electron chi connectivity index (χ2n) is 4.44. The average molecular weight is 337 g/mol. The van der Waals surface area contributed by atoms with E-state index in [4.69, 9.17) is 4.74 Å². The van der Waals surface area contributed by atoms with Crippen LogP contribution in [-0.4, -0.2) is 19.0 Å². The first-order valence-electron chi connectivity index (χ1n) is 5.88. The van der Waals surface area contributed by atoms with Gasteiger partial charge >= 0.3 is 6.18 Å². The van der Waals surface area contributed by atoms with Crippen LogP contribution >= 0.6 is 15.9 Å². The van der Waals surface area contributed by atoms with Gasteiger partial charge in [0.25, 0.3) is 0 Å². The molecule has 19 heavy (non-hydrogen) atoms. The molecule has 1 saturated heterocycles. The molecule has 0 unspecified atom stereocenters. The Bertz CT molecular complexity index is 479. The third-order valence-electron chi connectivity index (χ3n) is 3.15. The zero-order chi connectivity index (χ0) is 14.0. The van der Waals surface area contributed by atoms with Gasteiger partial charge in [0.2, 0.25) is 0 Å². The molecule has 0 bridgehead atoms. The first-order valence-corrected chi connectivity index (χ1v) is 6.67. The minimum absolute atomic E-state index is 0.0523. The Balaban J connectivity index is 2.27. The summed E-state index contributed by atoms with van der Waals surface area (Å²) in [6, 6.07) is 3.62. The Morgan fingerprint density at radius 2 is 1.89 bits per heavy atom. The first-order chi connectivity index (χ1) is 8.89. The fraction of sp³-hybridized carbons (Fsp3) is 0.462.